The molecule has 11 heavy (non-hydrogen) atoms. The molecule has 2 nitrogen and oxygen atoms in total. The minimum atomic E-state index is 0.253. The zero-order chi connectivity index (χ0) is 8.27. The molecule has 0 saturated heterocycles. The van der Waals surface area contributed by atoms with Gasteiger partial charge in [-0.15, -0.1) is 0 Å². The Bertz CT molecular complexity index is 112. The van der Waals surface area contributed by atoms with Crippen LogP contribution in [0.25, 0.3) is 0 Å². The van der Waals surface area contributed by atoms with Gasteiger partial charge in [0.25, 0.3) is 0 Å². The highest BCUT2D eigenvalue weighted by atomic mass is 16.3. The molecule has 1 fully saturated rings. The molecule has 0 amide bonds. The number of hydrogen-bond acceptors (Lipinski definition) is 2. The van der Waals surface area contributed by atoms with Crippen LogP contribution in [0.2, 0.25) is 0 Å². The molecule has 0 aromatic heterocycles. The molecular weight excluding hydrogens is 138 g/mol. The quantitative estimate of drug-likeness (QED) is 0.627. The number of rotatable bonds is 5. The third kappa shape index (κ3) is 2.80. The van der Waals surface area contributed by atoms with Crippen LogP contribution in [-0.4, -0.2) is 23.8 Å². The lowest BCUT2D eigenvalue weighted by Gasteiger charge is -2.20. The highest BCUT2D eigenvalue weighted by Crippen LogP contribution is 2.33. The first-order valence-corrected chi connectivity index (χ1v) is 4.64. The predicted octanol–water partition coefficient (Wildman–Crippen LogP) is 1.15. The van der Waals surface area contributed by atoms with Crippen molar-refractivity contribution in [1.29, 1.82) is 0 Å². The van der Waals surface area contributed by atoms with Crippen molar-refractivity contribution in [2.45, 2.75) is 45.2 Å². The third-order valence-corrected chi connectivity index (χ3v) is 2.40. The van der Waals surface area contributed by atoms with Crippen molar-refractivity contribution >= 4 is 0 Å². The van der Waals surface area contributed by atoms with E-state index in [2.05, 4.69) is 12.2 Å². The Morgan fingerprint density at radius 2 is 2.18 bits per heavy atom. The highest BCUT2D eigenvalue weighted by Gasteiger charge is 2.30. The van der Waals surface area contributed by atoms with Gasteiger partial charge >= 0.3 is 0 Å². The molecule has 0 bridgehead atoms. The molecule has 2 heteroatoms. The maximum Gasteiger partial charge on any atom is 0.0582 e. The number of aliphatic hydroxyl groups is 1. The number of aliphatic hydroxyl groups excluding tert-OH is 1. The number of hydrogen-bond donors (Lipinski definition) is 2. The fraction of sp³-hybridized carbons (Fsp3) is 1.00. The maximum atomic E-state index is 8.82. The second kappa shape index (κ2) is 4.07. The van der Waals surface area contributed by atoms with Crippen LogP contribution >= 0.6 is 0 Å². The van der Waals surface area contributed by atoms with E-state index in [-0.39, 0.29) is 12.6 Å². The average molecular weight is 157 g/mol. The normalized spacial score (nSPS) is 23.2. The first-order chi connectivity index (χ1) is 5.27. The second-order valence-corrected chi connectivity index (χ2v) is 3.60. The van der Waals surface area contributed by atoms with E-state index < -0.39 is 0 Å². The summed E-state index contributed by atoms with van der Waals surface area (Å²) in [6, 6.07) is 0.915. The Morgan fingerprint density at radius 3 is 2.55 bits per heavy atom. The largest absolute Gasteiger partial charge is 0.395 e. The molecule has 1 unspecified atom stereocenters. The number of nitrogens with one attached hydrogen (secondary N) is 1. The molecule has 0 aliphatic heterocycles. The van der Waals surface area contributed by atoms with E-state index in [0.29, 0.717) is 6.04 Å². The van der Waals surface area contributed by atoms with Gasteiger partial charge in [0.15, 0.2) is 0 Å². The molecular formula is C9H19NO. The molecule has 0 heterocycles. The van der Waals surface area contributed by atoms with Crippen LogP contribution in [0.15, 0.2) is 0 Å². The van der Waals surface area contributed by atoms with Gasteiger partial charge in [-0.05, 0) is 32.1 Å². The van der Waals surface area contributed by atoms with Crippen molar-refractivity contribution in [1.82, 2.24) is 5.32 Å². The first-order valence-electron chi connectivity index (χ1n) is 4.64. The van der Waals surface area contributed by atoms with Crippen LogP contribution in [0.3, 0.4) is 0 Å². The summed E-state index contributed by atoms with van der Waals surface area (Å²) in [5.74, 6) is 0.897. The van der Waals surface area contributed by atoms with E-state index >= 15 is 0 Å². The maximum absolute atomic E-state index is 8.82. The van der Waals surface area contributed by atoms with Crippen molar-refractivity contribution in [3.05, 3.63) is 0 Å². The fourth-order valence-electron chi connectivity index (χ4n) is 1.50. The average Bonchev–Trinajstić information content (AvgIpc) is 2.82. The monoisotopic (exact) mass is 157 g/mol. The van der Waals surface area contributed by atoms with E-state index in [9.17, 15) is 0 Å². The van der Waals surface area contributed by atoms with Crippen LogP contribution in [0.1, 0.15) is 33.1 Å². The van der Waals surface area contributed by atoms with Crippen LogP contribution in [0, 0.1) is 5.92 Å². The molecule has 0 spiro atoms. The summed E-state index contributed by atoms with van der Waals surface area (Å²) in [4.78, 5) is 0. The lowest BCUT2D eigenvalue weighted by Crippen LogP contribution is -2.39. The molecule has 0 radical (unpaired) electrons. The van der Waals surface area contributed by atoms with E-state index in [1.165, 1.54) is 19.3 Å². The van der Waals surface area contributed by atoms with Crippen LogP contribution < -0.4 is 5.32 Å². The molecule has 1 aliphatic rings. The predicted molar refractivity (Wildman–Crippen MR) is 46.5 cm³/mol. The molecule has 2 atom stereocenters. The Labute approximate surface area is 69.0 Å². The van der Waals surface area contributed by atoms with Gasteiger partial charge in [0, 0.05) is 12.1 Å². The van der Waals surface area contributed by atoms with Crippen molar-refractivity contribution in [2.75, 3.05) is 6.61 Å². The van der Waals surface area contributed by atoms with Gasteiger partial charge in [0.05, 0.1) is 6.61 Å². The van der Waals surface area contributed by atoms with Gasteiger partial charge in [-0.25, -0.2) is 0 Å². The first kappa shape index (κ1) is 9.01. The standard InChI is InChI=1S/C9H19NO/c1-3-9(8-4-5-8)10-7(2)6-11/h7-11H,3-6H2,1-2H3/t7-,9?/m0/s1. The zero-order valence-electron chi connectivity index (χ0n) is 7.51. The van der Waals surface area contributed by atoms with Gasteiger partial charge in [0.2, 0.25) is 0 Å². The summed E-state index contributed by atoms with van der Waals surface area (Å²) in [6.07, 6.45) is 3.95. The lowest BCUT2D eigenvalue weighted by molar-refractivity contribution is 0.234. The smallest absolute Gasteiger partial charge is 0.0582 e. The Morgan fingerprint density at radius 1 is 1.55 bits per heavy atom. The van der Waals surface area contributed by atoms with Gasteiger partial charge in [0.1, 0.15) is 0 Å². The molecule has 1 rings (SSSR count). The van der Waals surface area contributed by atoms with E-state index in [4.69, 9.17) is 5.11 Å². The van der Waals surface area contributed by atoms with Crippen LogP contribution in [0.4, 0.5) is 0 Å². The summed E-state index contributed by atoms with van der Waals surface area (Å²) in [7, 11) is 0. The van der Waals surface area contributed by atoms with E-state index in [1.54, 1.807) is 0 Å². The van der Waals surface area contributed by atoms with Crippen molar-refractivity contribution in [3.63, 3.8) is 0 Å². The Kier molecular flexibility index (Phi) is 3.34. The second-order valence-electron chi connectivity index (χ2n) is 3.60. The van der Waals surface area contributed by atoms with Crippen LogP contribution in [-0.2, 0) is 0 Å². The van der Waals surface area contributed by atoms with Gasteiger partial charge in [-0.2, -0.15) is 0 Å². The fourth-order valence-corrected chi connectivity index (χ4v) is 1.50. The van der Waals surface area contributed by atoms with Crippen molar-refractivity contribution in [3.8, 4) is 0 Å². The van der Waals surface area contributed by atoms with Gasteiger partial charge < -0.3 is 10.4 Å². The van der Waals surface area contributed by atoms with Gasteiger partial charge in [-0.1, -0.05) is 6.92 Å². The van der Waals surface area contributed by atoms with Crippen molar-refractivity contribution in [2.24, 2.45) is 5.92 Å². The summed E-state index contributed by atoms with van der Waals surface area (Å²) in [5.41, 5.74) is 0. The summed E-state index contributed by atoms with van der Waals surface area (Å²) >= 11 is 0. The molecule has 1 aliphatic carbocycles. The third-order valence-electron chi connectivity index (χ3n) is 2.40. The molecule has 66 valence electrons. The summed E-state index contributed by atoms with van der Waals surface area (Å²) in [5, 5.41) is 12.2. The Hall–Kier alpha value is -0.0800. The summed E-state index contributed by atoms with van der Waals surface area (Å²) in [6.45, 7) is 4.49. The zero-order valence-corrected chi connectivity index (χ0v) is 7.51. The molecule has 0 aromatic carbocycles. The lowest BCUT2D eigenvalue weighted by atomic mass is 10.1. The molecule has 0 aromatic rings. The topological polar surface area (TPSA) is 32.3 Å². The van der Waals surface area contributed by atoms with Crippen molar-refractivity contribution < 1.29 is 5.11 Å². The summed E-state index contributed by atoms with van der Waals surface area (Å²) < 4.78 is 0. The SMILES string of the molecule is CCC(N[C@@H](C)CO)C1CC1. The van der Waals surface area contributed by atoms with E-state index in [1.807, 2.05) is 6.92 Å². The van der Waals surface area contributed by atoms with Gasteiger partial charge in [-0.3, -0.25) is 0 Å². The molecule has 1 saturated carbocycles. The molecule has 2 N–H and O–H groups in total. The Balaban J connectivity index is 2.19. The minimum absolute atomic E-state index is 0.253. The van der Waals surface area contributed by atoms with Crippen LogP contribution in [0.5, 0.6) is 0 Å². The highest BCUT2D eigenvalue weighted by molar-refractivity contribution is 4.86. The minimum Gasteiger partial charge on any atom is -0.395 e. The van der Waals surface area contributed by atoms with E-state index in [0.717, 1.165) is 5.92 Å².